The van der Waals surface area contributed by atoms with Crippen molar-refractivity contribution in [1.29, 1.82) is 0 Å². The lowest BCUT2D eigenvalue weighted by atomic mass is 10.2. The van der Waals surface area contributed by atoms with Crippen LogP contribution in [0.15, 0.2) is 24.3 Å². The van der Waals surface area contributed by atoms with Crippen LogP contribution in [0.3, 0.4) is 0 Å². The molecule has 3 heteroatoms. The second kappa shape index (κ2) is 5.83. The Morgan fingerprint density at radius 1 is 1.27 bits per heavy atom. The lowest BCUT2D eigenvalue weighted by Crippen LogP contribution is -2.35. The van der Waals surface area contributed by atoms with Gasteiger partial charge in [-0.25, -0.2) is 4.39 Å². The highest BCUT2D eigenvalue weighted by Gasteiger charge is 2.02. The van der Waals surface area contributed by atoms with Crippen molar-refractivity contribution in [2.24, 2.45) is 0 Å². The molecule has 84 valence electrons. The van der Waals surface area contributed by atoms with Gasteiger partial charge in [0.2, 0.25) is 0 Å². The van der Waals surface area contributed by atoms with Gasteiger partial charge in [0.1, 0.15) is 5.82 Å². The lowest BCUT2D eigenvalue weighted by Gasteiger charge is -2.20. The highest BCUT2D eigenvalue weighted by molar-refractivity contribution is 5.15. The van der Waals surface area contributed by atoms with Gasteiger partial charge in [0.15, 0.2) is 0 Å². The second-order valence-corrected chi connectivity index (χ2v) is 4.07. The van der Waals surface area contributed by atoms with Crippen LogP contribution in [0.25, 0.3) is 0 Å². The Morgan fingerprint density at radius 3 is 2.40 bits per heavy atom. The number of likely N-dealkylation sites (N-methyl/N-ethyl adjacent to an activating group) is 1. The van der Waals surface area contributed by atoms with E-state index in [1.54, 1.807) is 0 Å². The fraction of sp³-hybridized carbons (Fsp3) is 0.500. The fourth-order valence-corrected chi connectivity index (χ4v) is 1.21. The smallest absolute Gasteiger partial charge is 0.123 e. The third-order valence-corrected chi connectivity index (χ3v) is 2.56. The van der Waals surface area contributed by atoms with E-state index in [0.29, 0.717) is 6.04 Å². The average molecular weight is 210 g/mol. The molecule has 0 saturated heterocycles. The molecule has 1 aromatic rings. The molecule has 0 bridgehead atoms. The zero-order valence-electron chi connectivity index (χ0n) is 9.63. The molecule has 0 heterocycles. The number of nitrogens with zero attached hydrogens (tertiary/aromatic N) is 1. The summed E-state index contributed by atoms with van der Waals surface area (Å²) in [6.45, 7) is 3.89. The highest BCUT2D eigenvalue weighted by atomic mass is 19.1. The molecule has 0 radical (unpaired) electrons. The van der Waals surface area contributed by atoms with Crippen LogP contribution in [0, 0.1) is 5.82 Å². The van der Waals surface area contributed by atoms with Gasteiger partial charge in [-0.2, -0.15) is 0 Å². The third-order valence-electron chi connectivity index (χ3n) is 2.56. The van der Waals surface area contributed by atoms with Crippen molar-refractivity contribution >= 4 is 0 Å². The molecule has 0 fully saturated rings. The summed E-state index contributed by atoms with van der Waals surface area (Å²) in [5.74, 6) is -0.180. The van der Waals surface area contributed by atoms with E-state index in [-0.39, 0.29) is 5.82 Å². The number of rotatable bonds is 5. The van der Waals surface area contributed by atoms with Gasteiger partial charge in [0, 0.05) is 19.1 Å². The van der Waals surface area contributed by atoms with E-state index in [9.17, 15) is 4.39 Å². The second-order valence-electron chi connectivity index (χ2n) is 4.07. The largest absolute Gasteiger partial charge is 0.311 e. The Kier molecular flexibility index (Phi) is 4.72. The molecule has 0 aliphatic heterocycles. The van der Waals surface area contributed by atoms with E-state index < -0.39 is 0 Å². The number of nitrogens with one attached hydrogen (secondary N) is 1. The number of benzene rings is 1. The predicted molar refractivity (Wildman–Crippen MR) is 61.3 cm³/mol. The molecule has 2 nitrogen and oxygen atoms in total. The van der Waals surface area contributed by atoms with Crippen LogP contribution < -0.4 is 5.32 Å². The Labute approximate surface area is 91.1 Å². The van der Waals surface area contributed by atoms with E-state index in [1.165, 1.54) is 12.1 Å². The monoisotopic (exact) mass is 210 g/mol. The Balaban J connectivity index is 2.29. The van der Waals surface area contributed by atoms with Crippen molar-refractivity contribution in [3.63, 3.8) is 0 Å². The molecule has 0 amide bonds. The maximum absolute atomic E-state index is 12.6. The molecule has 15 heavy (non-hydrogen) atoms. The molecule has 0 saturated carbocycles. The molecule has 1 N–H and O–H groups in total. The first-order chi connectivity index (χ1) is 7.09. The van der Waals surface area contributed by atoms with Gasteiger partial charge in [-0.05, 0) is 38.7 Å². The summed E-state index contributed by atoms with van der Waals surface area (Å²) in [5, 5.41) is 3.34. The van der Waals surface area contributed by atoms with E-state index in [2.05, 4.69) is 31.2 Å². The van der Waals surface area contributed by atoms with Gasteiger partial charge in [0.05, 0.1) is 0 Å². The van der Waals surface area contributed by atoms with Crippen LogP contribution >= 0.6 is 0 Å². The zero-order chi connectivity index (χ0) is 11.3. The minimum atomic E-state index is -0.180. The van der Waals surface area contributed by atoms with Crippen molar-refractivity contribution in [3.05, 3.63) is 35.6 Å². The predicted octanol–water partition coefficient (Wildman–Crippen LogP) is 1.87. The fourth-order valence-electron chi connectivity index (χ4n) is 1.21. The van der Waals surface area contributed by atoms with Crippen LogP contribution in [0.4, 0.5) is 4.39 Å². The molecule has 0 aromatic heterocycles. The minimum absolute atomic E-state index is 0.180. The number of hydrogen-bond donors (Lipinski definition) is 1. The van der Waals surface area contributed by atoms with Crippen LogP contribution in [0.5, 0.6) is 0 Å². The summed E-state index contributed by atoms with van der Waals surface area (Å²) in [7, 11) is 4.12. The lowest BCUT2D eigenvalue weighted by molar-refractivity contribution is 0.302. The van der Waals surface area contributed by atoms with Crippen molar-refractivity contribution in [2.75, 3.05) is 20.6 Å². The molecule has 0 aliphatic carbocycles. The van der Waals surface area contributed by atoms with Crippen molar-refractivity contribution in [2.45, 2.75) is 19.5 Å². The van der Waals surface area contributed by atoms with E-state index in [4.69, 9.17) is 0 Å². The van der Waals surface area contributed by atoms with Gasteiger partial charge < -0.3 is 10.2 Å². The molecular weight excluding hydrogens is 191 g/mol. The summed E-state index contributed by atoms with van der Waals surface area (Å²) in [6.07, 6.45) is 0. The molecule has 0 aliphatic rings. The Bertz CT molecular complexity index is 282. The maximum atomic E-state index is 12.6. The Morgan fingerprint density at radius 2 is 1.87 bits per heavy atom. The minimum Gasteiger partial charge on any atom is -0.311 e. The molecular formula is C12H19FN2. The summed E-state index contributed by atoms with van der Waals surface area (Å²) < 4.78 is 12.6. The van der Waals surface area contributed by atoms with E-state index >= 15 is 0 Å². The molecule has 1 aromatic carbocycles. The van der Waals surface area contributed by atoms with Gasteiger partial charge >= 0.3 is 0 Å². The first-order valence-electron chi connectivity index (χ1n) is 5.21. The van der Waals surface area contributed by atoms with Gasteiger partial charge in [-0.15, -0.1) is 0 Å². The van der Waals surface area contributed by atoms with Crippen molar-refractivity contribution < 1.29 is 4.39 Å². The van der Waals surface area contributed by atoms with Crippen LogP contribution in [0.1, 0.15) is 12.5 Å². The molecule has 0 spiro atoms. The topological polar surface area (TPSA) is 15.3 Å². The van der Waals surface area contributed by atoms with Crippen LogP contribution in [0.2, 0.25) is 0 Å². The summed E-state index contributed by atoms with van der Waals surface area (Å²) in [5.41, 5.74) is 1.11. The van der Waals surface area contributed by atoms with Crippen molar-refractivity contribution in [3.8, 4) is 0 Å². The first-order valence-corrected chi connectivity index (χ1v) is 5.21. The highest BCUT2D eigenvalue weighted by Crippen LogP contribution is 2.02. The van der Waals surface area contributed by atoms with Gasteiger partial charge in [0.25, 0.3) is 0 Å². The SMILES string of the molecule is CC(CNCc1ccc(F)cc1)N(C)C. The van der Waals surface area contributed by atoms with Crippen molar-refractivity contribution in [1.82, 2.24) is 10.2 Å². The van der Waals surface area contributed by atoms with Gasteiger partial charge in [-0.1, -0.05) is 12.1 Å². The standard InChI is InChI=1S/C12H19FN2/c1-10(15(2)3)8-14-9-11-4-6-12(13)7-5-11/h4-7,10,14H,8-9H2,1-3H3. The van der Waals surface area contributed by atoms with Gasteiger partial charge in [-0.3, -0.25) is 0 Å². The maximum Gasteiger partial charge on any atom is 0.123 e. The zero-order valence-corrected chi connectivity index (χ0v) is 9.63. The van der Waals surface area contributed by atoms with Crippen LogP contribution in [-0.2, 0) is 6.54 Å². The summed E-state index contributed by atoms with van der Waals surface area (Å²) >= 11 is 0. The van der Waals surface area contributed by atoms with Crippen LogP contribution in [-0.4, -0.2) is 31.6 Å². The average Bonchev–Trinajstić information content (AvgIpc) is 2.20. The van der Waals surface area contributed by atoms with E-state index in [0.717, 1.165) is 18.7 Å². The van der Waals surface area contributed by atoms with E-state index in [1.807, 2.05) is 12.1 Å². The quantitative estimate of drug-likeness (QED) is 0.798. The molecule has 1 atom stereocenters. The summed E-state index contributed by atoms with van der Waals surface area (Å²) in [6, 6.07) is 7.11. The first kappa shape index (κ1) is 12.1. The third kappa shape index (κ3) is 4.40. The molecule has 1 unspecified atom stereocenters. The summed E-state index contributed by atoms with van der Waals surface area (Å²) in [4.78, 5) is 2.16. The molecule has 1 rings (SSSR count). The Hall–Kier alpha value is -0.930. The normalized spacial score (nSPS) is 13.1. The number of halogens is 1. The number of hydrogen-bond acceptors (Lipinski definition) is 2.